The first kappa shape index (κ1) is 15.9. The maximum Gasteiger partial charge on any atom is 0.472 e. The third-order valence-corrected chi connectivity index (χ3v) is 3.03. The van der Waals surface area contributed by atoms with Gasteiger partial charge in [-0.2, -0.15) is 22.7 Å². The molecule has 9 nitrogen and oxygen atoms in total. The Morgan fingerprint density at radius 3 is 2.83 bits per heavy atom. The van der Waals surface area contributed by atoms with Gasteiger partial charge >= 0.3 is 12.1 Å². The Morgan fingerprint density at radius 1 is 1.42 bits per heavy atom. The number of nitrogens with zero attached hydrogens (tertiary/aromatic N) is 5. The highest BCUT2D eigenvalue weighted by atomic mass is 19.4. The van der Waals surface area contributed by atoms with Crippen LogP contribution < -0.4 is 11.0 Å². The van der Waals surface area contributed by atoms with Crippen LogP contribution in [0.1, 0.15) is 5.82 Å². The summed E-state index contributed by atoms with van der Waals surface area (Å²) in [5.41, 5.74) is 0.853. The Hall–Kier alpha value is -3.02. The van der Waals surface area contributed by atoms with Crippen molar-refractivity contribution in [1.82, 2.24) is 24.3 Å². The molecule has 0 fully saturated rings. The van der Waals surface area contributed by atoms with Gasteiger partial charge in [-0.1, -0.05) is 0 Å². The largest absolute Gasteiger partial charge is 0.472 e. The Kier molecular flexibility index (Phi) is 3.67. The van der Waals surface area contributed by atoms with Crippen LogP contribution in [0.2, 0.25) is 0 Å². The summed E-state index contributed by atoms with van der Waals surface area (Å²) < 4.78 is 43.5. The molecule has 0 aliphatic rings. The quantitative estimate of drug-likeness (QED) is 0.730. The highest BCUT2D eigenvalue weighted by molar-refractivity contribution is 5.89. The van der Waals surface area contributed by atoms with E-state index in [4.69, 9.17) is 4.74 Å². The highest BCUT2D eigenvalue weighted by Crippen LogP contribution is 2.15. The minimum Gasteiger partial charge on any atom is -0.377 e. The number of methoxy groups -OCH3 is 1. The lowest BCUT2D eigenvalue weighted by atomic mass is 10.3. The Balaban J connectivity index is 2.11. The van der Waals surface area contributed by atoms with Crippen LogP contribution in [0.25, 0.3) is 16.7 Å². The maximum absolute atomic E-state index is 12.3. The standard InChI is InChI=1S/C12H9F3N6O3/c1-24-5-8-17-11-16-4-6-7(21(11)18-8)2-3-20(9(6)22)19-10(23)12(13,14)15/h2-4H,5H2,1H3,(H,19,23). The fourth-order valence-corrected chi connectivity index (χ4v) is 2.01. The van der Waals surface area contributed by atoms with Gasteiger partial charge in [-0.15, -0.1) is 5.10 Å². The molecule has 3 aromatic heterocycles. The van der Waals surface area contributed by atoms with Crippen LogP contribution >= 0.6 is 0 Å². The Labute approximate surface area is 130 Å². The molecule has 12 heteroatoms. The van der Waals surface area contributed by atoms with E-state index in [1.54, 1.807) is 0 Å². The van der Waals surface area contributed by atoms with Gasteiger partial charge in [0.2, 0.25) is 0 Å². The minimum absolute atomic E-state index is 0.0404. The van der Waals surface area contributed by atoms with Gasteiger partial charge in [0.05, 0.1) is 10.9 Å². The van der Waals surface area contributed by atoms with E-state index in [1.807, 2.05) is 0 Å². The molecular weight excluding hydrogens is 333 g/mol. The SMILES string of the molecule is COCc1nc2ncc3c(=O)n(NC(=O)C(F)(F)F)ccc3n2n1. The number of carbonyl (C=O) groups is 1. The topological polar surface area (TPSA) is 103 Å². The van der Waals surface area contributed by atoms with E-state index in [2.05, 4.69) is 15.1 Å². The van der Waals surface area contributed by atoms with Gasteiger partial charge in [0.15, 0.2) is 5.82 Å². The molecule has 0 aliphatic carbocycles. The number of alkyl halides is 3. The molecule has 24 heavy (non-hydrogen) atoms. The number of halogens is 3. The zero-order valence-electron chi connectivity index (χ0n) is 12.0. The molecule has 3 rings (SSSR count). The van der Waals surface area contributed by atoms with Crippen LogP contribution in [-0.2, 0) is 16.1 Å². The summed E-state index contributed by atoms with van der Waals surface area (Å²) in [6, 6.07) is 1.31. The molecule has 0 aliphatic heterocycles. The second-order valence-electron chi connectivity index (χ2n) is 4.66. The summed E-state index contributed by atoms with van der Waals surface area (Å²) in [7, 11) is 1.46. The number of ether oxygens (including phenoxy) is 1. The van der Waals surface area contributed by atoms with E-state index in [9.17, 15) is 22.8 Å². The van der Waals surface area contributed by atoms with E-state index in [1.165, 1.54) is 23.1 Å². The van der Waals surface area contributed by atoms with Crippen molar-refractivity contribution in [3.05, 3.63) is 34.6 Å². The van der Waals surface area contributed by atoms with E-state index in [-0.39, 0.29) is 23.3 Å². The lowest BCUT2D eigenvalue weighted by Gasteiger charge is -2.10. The molecule has 0 bridgehead atoms. The van der Waals surface area contributed by atoms with Crippen molar-refractivity contribution in [1.29, 1.82) is 0 Å². The molecule has 0 atom stereocenters. The third kappa shape index (κ3) is 2.67. The van der Waals surface area contributed by atoms with Crippen molar-refractivity contribution < 1.29 is 22.7 Å². The van der Waals surface area contributed by atoms with Crippen molar-refractivity contribution in [3.63, 3.8) is 0 Å². The highest BCUT2D eigenvalue weighted by Gasteiger charge is 2.39. The second-order valence-corrected chi connectivity index (χ2v) is 4.66. The van der Waals surface area contributed by atoms with Crippen molar-refractivity contribution in [2.45, 2.75) is 12.8 Å². The van der Waals surface area contributed by atoms with Gasteiger partial charge in [-0.25, -0.2) is 9.66 Å². The number of hydrogen-bond donors (Lipinski definition) is 1. The number of hydrogen-bond acceptors (Lipinski definition) is 6. The normalized spacial score (nSPS) is 12.0. The van der Waals surface area contributed by atoms with E-state index in [0.717, 1.165) is 12.4 Å². The molecule has 126 valence electrons. The number of amides is 1. The summed E-state index contributed by atoms with van der Waals surface area (Å²) in [5, 5.41) is 4.06. The average Bonchev–Trinajstić information content (AvgIpc) is 2.92. The predicted octanol–water partition coefficient (Wildman–Crippen LogP) is 0.218. The number of carbonyl (C=O) groups excluding carboxylic acids is 1. The van der Waals surface area contributed by atoms with Crippen molar-refractivity contribution >= 4 is 22.6 Å². The van der Waals surface area contributed by atoms with Crippen molar-refractivity contribution in [2.24, 2.45) is 0 Å². The molecule has 0 unspecified atom stereocenters. The Morgan fingerprint density at radius 2 is 2.17 bits per heavy atom. The Bertz CT molecular complexity index is 993. The number of nitrogens with one attached hydrogen (secondary N) is 1. The number of aromatic nitrogens is 5. The van der Waals surface area contributed by atoms with Crippen molar-refractivity contribution in [2.75, 3.05) is 12.5 Å². The van der Waals surface area contributed by atoms with E-state index >= 15 is 0 Å². The number of rotatable bonds is 3. The maximum atomic E-state index is 12.3. The zero-order chi connectivity index (χ0) is 17.5. The van der Waals surface area contributed by atoms with Gasteiger partial charge in [0.1, 0.15) is 6.61 Å². The van der Waals surface area contributed by atoms with Gasteiger partial charge in [0.25, 0.3) is 11.3 Å². The number of pyridine rings is 1. The van der Waals surface area contributed by atoms with Crippen molar-refractivity contribution in [3.8, 4) is 0 Å². The van der Waals surface area contributed by atoms with Gasteiger partial charge < -0.3 is 4.74 Å². The van der Waals surface area contributed by atoms with Crippen LogP contribution in [0.15, 0.2) is 23.3 Å². The summed E-state index contributed by atoms with van der Waals surface area (Å²) in [4.78, 5) is 31.2. The average molecular weight is 342 g/mol. The van der Waals surface area contributed by atoms with E-state index in [0.29, 0.717) is 10.5 Å². The molecule has 0 saturated carbocycles. The molecule has 1 amide bonds. The fraction of sp³-hybridized carbons (Fsp3) is 0.250. The van der Waals surface area contributed by atoms with Gasteiger partial charge in [-0.05, 0) is 6.07 Å². The van der Waals surface area contributed by atoms with E-state index < -0.39 is 17.6 Å². The molecule has 3 aromatic rings. The number of fused-ring (bicyclic) bond motifs is 3. The van der Waals surface area contributed by atoms with Crippen LogP contribution in [0.3, 0.4) is 0 Å². The van der Waals surface area contributed by atoms with Gasteiger partial charge in [-0.3, -0.25) is 15.0 Å². The molecule has 0 spiro atoms. The predicted molar refractivity (Wildman–Crippen MR) is 73.7 cm³/mol. The molecule has 1 N–H and O–H groups in total. The molecule has 0 radical (unpaired) electrons. The summed E-state index contributed by atoms with van der Waals surface area (Å²) in [6.45, 7) is 0.129. The summed E-state index contributed by atoms with van der Waals surface area (Å²) in [5.74, 6) is -1.74. The molecule has 3 heterocycles. The summed E-state index contributed by atoms with van der Waals surface area (Å²) in [6.07, 6.45) is -2.97. The molecular formula is C12H9F3N6O3. The summed E-state index contributed by atoms with van der Waals surface area (Å²) >= 11 is 0. The van der Waals surface area contributed by atoms with Crippen LogP contribution in [0.5, 0.6) is 0 Å². The monoisotopic (exact) mass is 342 g/mol. The van der Waals surface area contributed by atoms with Crippen LogP contribution in [0, 0.1) is 0 Å². The molecule has 0 saturated heterocycles. The third-order valence-electron chi connectivity index (χ3n) is 3.03. The lowest BCUT2D eigenvalue weighted by molar-refractivity contribution is -0.168. The second kappa shape index (κ2) is 5.56. The smallest absolute Gasteiger partial charge is 0.377 e. The first-order valence-electron chi connectivity index (χ1n) is 6.44. The lowest BCUT2D eigenvalue weighted by Crippen LogP contribution is -2.40. The molecule has 0 aromatic carbocycles. The first-order chi connectivity index (χ1) is 11.3. The fourth-order valence-electron chi connectivity index (χ4n) is 2.01. The first-order valence-corrected chi connectivity index (χ1v) is 6.44. The van der Waals surface area contributed by atoms with Gasteiger partial charge in [0, 0.05) is 19.5 Å². The minimum atomic E-state index is -5.11. The van der Waals surface area contributed by atoms with Crippen LogP contribution in [-0.4, -0.2) is 43.5 Å². The zero-order valence-corrected chi connectivity index (χ0v) is 12.0. The van der Waals surface area contributed by atoms with Crippen LogP contribution in [0.4, 0.5) is 13.2 Å².